The van der Waals surface area contributed by atoms with Crippen LogP contribution in [0.5, 0.6) is 0 Å². The van der Waals surface area contributed by atoms with Crippen LogP contribution in [0.25, 0.3) is 0 Å². The molecule has 0 N–H and O–H groups in total. The number of nitrogens with zero attached hydrogens (tertiary/aromatic N) is 3. The van der Waals surface area contributed by atoms with Crippen molar-refractivity contribution >= 4 is 28.3 Å². The zero-order chi connectivity index (χ0) is 21.4. The van der Waals surface area contributed by atoms with Crippen molar-refractivity contribution in [2.24, 2.45) is 11.8 Å². The van der Waals surface area contributed by atoms with E-state index in [-0.39, 0.29) is 29.8 Å². The van der Waals surface area contributed by atoms with Crippen LogP contribution >= 0.6 is 12.4 Å². The fourth-order valence-corrected chi connectivity index (χ4v) is 6.99. The highest BCUT2D eigenvalue weighted by atomic mass is 35.5. The molecule has 172 valence electrons. The van der Waals surface area contributed by atoms with E-state index in [2.05, 4.69) is 40.1 Å². The number of hydrogen-bond donors (Lipinski definition) is 0. The number of hydrogen-bond acceptors (Lipinski definition) is 5. The molecule has 0 aliphatic carbocycles. The number of halogens is 1. The number of carbonyl (C=O) groups excluding carboxylic acids is 1. The predicted octanol–water partition coefficient (Wildman–Crippen LogP) is 3.10. The smallest absolute Gasteiger partial charge is 0.269 e. The number of rotatable bonds is 7. The Labute approximate surface area is 196 Å². The zero-order valence-corrected chi connectivity index (χ0v) is 19.7. The van der Waals surface area contributed by atoms with Gasteiger partial charge in [-0.25, -0.2) is 12.7 Å². The summed E-state index contributed by atoms with van der Waals surface area (Å²) in [5, 5.41) is 0. The Kier molecular flexibility index (Phi) is 6.91. The van der Waals surface area contributed by atoms with Gasteiger partial charge >= 0.3 is 0 Å². The van der Waals surface area contributed by atoms with Crippen molar-refractivity contribution < 1.29 is 13.2 Å². The predicted molar refractivity (Wildman–Crippen MR) is 126 cm³/mol. The van der Waals surface area contributed by atoms with Gasteiger partial charge in [-0.15, -0.1) is 12.4 Å². The Balaban J connectivity index is 0.00000245. The number of unbranched alkanes of at least 4 members (excludes halogenated alkanes) is 1. The fourth-order valence-electron chi connectivity index (χ4n) is 5.38. The summed E-state index contributed by atoms with van der Waals surface area (Å²) in [6.07, 6.45) is 1.60. The number of sulfonamides is 1. The van der Waals surface area contributed by atoms with Crippen LogP contribution < -0.4 is 0 Å². The van der Waals surface area contributed by atoms with Gasteiger partial charge < -0.3 is 4.90 Å². The lowest BCUT2D eigenvalue weighted by Gasteiger charge is -2.22. The third kappa shape index (κ3) is 4.44. The van der Waals surface area contributed by atoms with Gasteiger partial charge in [0.15, 0.2) is 0 Å². The first-order valence-electron chi connectivity index (χ1n) is 11.2. The van der Waals surface area contributed by atoms with Crippen LogP contribution in [0.2, 0.25) is 0 Å². The van der Waals surface area contributed by atoms with Gasteiger partial charge in [-0.05, 0) is 48.9 Å². The molecule has 1 amide bonds. The molecule has 6 nitrogen and oxygen atoms in total. The molecular weight excluding hydrogens is 446 g/mol. The molecule has 32 heavy (non-hydrogen) atoms. The van der Waals surface area contributed by atoms with Crippen LogP contribution in [-0.4, -0.2) is 67.7 Å². The van der Waals surface area contributed by atoms with E-state index < -0.39 is 10.0 Å². The van der Waals surface area contributed by atoms with Gasteiger partial charge in [0.2, 0.25) is 0 Å². The van der Waals surface area contributed by atoms with Gasteiger partial charge in [0.1, 0.15) is 4.90 Å². The Morgan fingerprint density at radius 1 is 0.781 bits per heavy atom. The normalized spacial score (nSPS) is 24.4. The minimum absolute atomic E-state index is 0. The number of likely N-dealkylation sites (tertiary alicyclic amines) is 2. The topological polar surface area (TPSA) is 60.9 Å². The SMILES string of the molecule is Cl.O=C1c2ccccc2S(=O)(=O)N1CCCCN1CC2CN(Cc3ccccc3)CC2C1. The second kappa shape index (κ2) is 9.51. The summed E-state index contributed by atoms with van der Waals surface area (Å²) in [5.74, 6) is 1.09. The lowest BCUT2D eigenvalue weighted by Crippen LogP contribution is -2.32. The monoisotopic (exact) mass is 475 g/mol. The van der Waals surface area contributed by atoms with Crippen molar-refractivity contribution in [2.75, 3.05) is 39.3 Å². The lowest BCUT2D eigenvalue weighted by molar-refractivity contribution is 0.0869. The van der Waals surface area contributed by atoms with E-state index in [9.17, 15) is 13.2 Å². The van der Waals surface area contributed by atoms with E-state index in [1.165, 1.54) is 11.6 Å². The van der Waals surface area contributed by atoms with Crippen molar-refractivity contribution in [1.29, 1.82) is 0 Å². The van der Waals surface area contributed by atoms with Gasteiger partial charge in [-0.2, -0.15) is 0 Å². The maximum absolute atomic E-state index is 12.6. The Hall–Kier alpha value is -1.93. The van der Waals surface area contributed by atoms with Gasteiger partial charge in [0.05, 0.1) is 5.56 Å². The molecule has 2 atom stereocenters. The van der Waals surface area contributed by atoms with Crippen LogP contribution in [0.1, 0.15) is 28.8 Å². The molecule has 0 spiro atoms. The highest BCUT2D eigenvalue weighted by Gasteiger charge is 2.41. The Morgan fingerprint density at radius 2 is 1.38 bits per heavy atom. The summed E-state index contributed by atoms with van der Waals surface area (Å²) < 4.78 is 26.3. The van der Waals surface area contributed by atoms with Crippen LogP contribution in [-0.2, 0) is 16.6 Å². The third-order valence-electron chi connectivity index (χ3n) is 6.88. The molecular formula is C24H30ClN3O3S. The third-order valence-corrected chi connectivity index (χ3v) is 8.72. The first-order chi connectivity index (χ1) is 15.0. The molecule has 3 aliphatic heterocycles. The molecule has 2 aromatic rings. The molecule has 0 saturated carbocycles. The quantitative estimate of drug-likeness (QED) is 0.576. The van der Waals surface area contributed by atoms with Crippen LogP contribution in [0.4, 0.5) is 0 Å². The first-order valence-corrected chi connectivity index (χ1v) is 12.6. The Morgan fingerprint density at radius 3 is 2.06 bits per heavy atom. The summed E-state index contributed by atoms with van der Waals surface area (Å²) in [5.41, 5.74) is 1.68. The second-order valence-corrected chi connectivity index (χ2v) is 10.9. The largest absolute Gasteiger partial charge is 0.303 e. The van der Waals surface area contributed by atoms with Crippen molar-refractivity contribution in [3.8, 4) is 0 Å². The van der Waals surface area contributed by atoms with E-state index in [1.807, 2.05) is 0 Å². The molecule has 2 saturated heterocycles. The average Bonchev–Trinajstić information content (AvgIpc) is 3.37. The van der Waals surface area contributed by atoms with Gasteiger partial charge in [-0.1, -0.05) is 42.5 Å². The van der Waals surface area contributed by atoms with E-state index in [4.69, 9.17) is 0 Å². The van der Waals surface area contributed by atoms with E-state index in [0.29, 0.717) is 12.0 Å². The molecule has 3 aliphatic rings. The molecule has 2 aromatic carbocycles. The average molecular weight is 476 g/mol. The zero-order valence-electron chi connectivity index (χ0n) is 18.1. The second-order valence-electron chi connectivity index (χ2n) is 9.05. The van der Waals surface area contributed by atoms with E-state index in [0.717, 1.165) is 61.8 Å². The van der Waals surface area contributed by atoms with Gasteiger partial charge in [0.25, 0.3) is 15.9 Å². The molecule has 0 aromatic heterocycles. The number of amides is 1. The first kappa shape index (κ1) is 23.2. The summed E-state index contributed by atoms with van der Waals surface area (Å²) in [6.45, 7) is 6.85. The van der Waals surface area contributed by atoms with Crippen LogP contribution in [0, 0.1) is 11.8 Å². The van der Waals surface area contributed by atoms with Crippen molar-refractivity contribution in [1.82, 2.24) is 14.1 Å². The summed E-state index contributed by atoms with van der Waals surface area (Å²) in [6, 6.07) is 17.2. The van der Waals surface area contributed by atoms with E-state index >= 15 is 0 Å². The molecule has 2 fully saturated rings. The van der Waals surface area contributed by atoms with Crippen molar-refractivity contribution in [3.63, 3.8) is 0 Å². The summed E-state index contributed by atoms with van der Waals surface area (Å²) >= 11 is 0. The maximum Gasteiger partial charge on any atom is 0.269 e. The molecule has 0 bridgehead atoms. The molecule has 5 rings (SSSR count). The van der Waals surface area contributed by atoms with Gasteiger partial charge in [0, 0.05) is 39.3 Å². The van der Waals surface area contributed by atoms with Crippen molar-refractivity contribution in [2.45, 2.75) is 24.3 Å². The lowest BCUT2D eigenvalue weighted by atomic mass is 10.0. The van der Waals surface area contributed by atoms with Crippen LogP contribution in [0.3, 0.4) is 0 Å². The Bertz CT molecular complexity index is 1050. The number of carbonyl (C=O) groups is 1. The standard InChI is InChI=1S/C24H29N3O3S.ClH/c28-24-22-10-4-5-11-23(22)31(29,30)27(24)13-7-6-12-25-15-20-17-26(18-21(20)16-25)14-19-8-2-1-3-9-19;/h1-5,8-11,20-21H,6-7,12-18H2;1H. The number of fused-ring (bicyclic) bond motifs is 2. The summed E-state index contributed by atoms with van der Waals surface area (Å²) in [4.78, 5) is 17.7. The number of benzene rings is 2. The highest BCUT2D eigenvalue weighted by Crippen LogP contribution is 2.33. The highest BCUT2D eigenvalue weighted by molar-refractivity contribution is 7.90. The van der Waals surface area contributed by atoms with Crippen molar-refractivity contribution in [3.05, 3.63) is 65.7 Å². The maximum atomic E-state index is 12.6. The molecule has 2 unspecified atom stereocenters. The fraction of sp³-hybridized carbons (Fsp3) is 0.458. The molecule has 8 heteroatoms. The van der Waals surface area contributed by atoms with E-state index in [1.54, 1.807) is 18.2 Å². The van der Waals surface area contributed by atoms with Crippen LogP contribution in [0.15, 0.2) is 59.5 Å². The summed E-state index contributed by atoms with van der Waals surface area (Å²) in [7, 11) is -3.67. The minimum Gasteiger partial charge on any atom is -0.303 e. The molecule has 3 heterocycles. The molecule has 0 radical (unpaired) electrons. The minimum atomic E-state index is -3.67. The van der Waals surface area contributed by atoms with Gasteiger partial charge in [-0.3, -0.25) is 9.69 Å².